The van der Waals surface area contributed by atoms with Crippen LogP contribution in [0.3, 0.4) is 0 Å². The summed E-state index contributed by atoms with van der Waals surface area (Å²) in [6, 6.07) is 21.7. The van der Waals surface area contributed by atoms with Crippen molar-refractivity contribution >= 4 is 11.5 Å². The van der Waals surface area contributed by atoms with Crippen LogP contribution >= 0.6 is 0 Å². The normalized spacial score (nSPS) is 12.4. The van der Waals surface area contributed by atoms with Gasteiger partial charge < -0.3 is 5.32 Å². The zero-order valence-corrected chi connectivity index (χ0v) is 14.3. The Morgan fingerprint density at radius 1 is 0.846 bits per heavy atom. The lowest BCUT2D eigenvalue weighted by molar-refractivity contribution is -0.00268. The molecule has 0 amide bonds. The minimum absolute atomic E-state index is 0.00975. The minimum Gasteiger partial charge on any atom is -0.372 e. The molecule has 0 saturated carbocycles. The first-order valence-corrected chi connectivity index (χ1v) is 8.34. The summed E-state index contributed by atoms with van der Waals surface area (Å²) in [4.78, 5) is 12.5. The number of anilines is 1. The van der Waals surface area contributed by atoms with Crippen LogP contribution in [0.1, 0.15) is 27.5 Å². The van der Waals surface area contributed by atoms with Crippen LogP contribution in [0.15, 0.2) is 84.9 Å². The fraction of sp³-hybridized carbons (Fsp3) is 0.136. The Kier molecular flexibility index (Phi) is 5.12. The highest BCUT2D eigenvalue weighted by atomic mass is 19.3. The molecule has 1 N–H and O–H groups in total. The Hall–Kier alpha value is -3.01. The molecular weight excluding hydrogens is 332 g/mol. The molecule has 0 aliphatic heterocycles. The second-order valence-electron chi connectivity index (χ2n) is 6.17. The van der Waals surface area contributed by atoms with Gasteiger partial charge in [-0.05, 0) is 24.6 Å². The number of rotatable bonds is 6. The lowest BCUT2D eigenvalue weighted by atomic mass is 9.93. The molecular formula is C22H19F2NO. The molecule has 0 heterocycles. The highest BCUT2D eigenvalue weighted by Crippen LogP contribution is 2.37. The first-order chi connectivity index (χ1) is 12.5. The summed E-state index contributed by atoms with van der Waals surface area (Å²) < 4.78 is 30.5. The summed E-state index contributed by atoms with van der Waals surface area (Å²) in [5.41, 5.74) is 1.83. The number of Topliss-reactive ketones (excluding diaryl/α,β-unsaturated/α-hetero) is 1. The molecule has 0 aliphatic carbocycles. The lowest BCUT2D eigenvalue weighted by Gasteiger charge is -2.28. The number of carbonyl (C=O) groups is 1. The summed E-state index contributed by atoms with van der Waals surface area (Å²) in [7, 11) is 0. The van der Waals surface area contributed by atoms with E-state index in [9.17, 15) is 4.79 Å². The van der Waals surface area contributed by atoms with Gasteiger partial charge in [0.25, 0.3) is 0 Å². The van der Waals surface area contributed by atoms with E-state index in [4.69, 9.17) is 0 Å². The van der Waals surface area contributed by atoms with Crippen molar-refractivity contribution in [3.8, 4) is 0 Å². The highest BCUT2D eigenvalue weighted by Gasteiger charge is 2.48. The van der Waals surface area contributed by atoms with Gasteiger partial charge in [0.1, 0.15) is 6.04 Å². The monoisotopic (exact) mass is 351 g/mol. The van der Waals surface area contributed by atoms with Gasteiger partial charge in [-0.3, -0.25) is 4.79 Å². The maximum absolute atomic E-state index is 15.2. The Morgan fingerprint density at radius 3 is 1.96 bits per heavy atom. The zero-order chi connectivity index (χ0) is 18.6. The number of hydrogen-bond donors (Lipinski definition) is 1. The summed E-state index contributed by atoms with van der Waals surface area (Å²) in [6.45, 7) is 1.89. The average Bonchev–Trinajstić information content (AvgIpc) is 2.68. The van der Waals surface area contributed by atoms with E-state index in [2.05, 4.69) is 5.32 Å². The van der Waals surface area contributed by atoms with Gasteiger partial charge in [-0.1, -0.05) is 78.4 Å². The molecule has 0 saturated heterocycles. The molecule has 132 valence electrons. The molecule has 0 aromatic heterocycles. The molecule has 2 nitrogen and oxygen atoms in total. The standard InChI is InChI=1S/C22H19F2NO/c1-16-12-14-17(15-13-16)20(25-19-10-6-3-7-11-19)22(23,24)21(26)18-8-4-2-5-9-18/h2-15,20,25H,1H3. The first-order valence-electron chi connectivity index (χ1n) is 8.34. The number of ketones is 1. The predicted molar refractivity (Wildman–Crippen MR) is 99.7 cm³/mol. The van der Waals surface area contributed by atoms with Crippen molar-refractivity contribution in [3.05, 3.63) is 102 Å². The maximum Gasteiger partial charge on any atom is 0.333 e. The van der Waals surface area contributed by atoms with Gasteiger partial charge in [-0.2, -0.15) is 8.78 Å². The Bertz CT molecular complexity index is 862. The van der Waals surface area contributed by atoms with E-state index in [0.717, 1.165) is 5.56 Å². The topological polar surface area (TPSA) is 29.1 Å². The van der Waals surface area contributed by atoms with Crippen LogP contribution < -0.4 is 5.32 Å². The van der Waals surface area contributed by atoms with Crippen LogP contribution in [0.4, 0.5) is 14.5 Å². The quantitative estimate of drug-likeness (QED) is 0.580. The lowest BCUT2D eigenvalue weighted by Crippen LogP contribution is -2.40. The summed E-state index contributed by atoms with van der Waals surface area (Å²) in [6.07, 6.45) is 0. The average molecular weight is 351 g/mol. The number of hydrogen-bond acceptors (Lipinski definition) is 2. The fourth-order valence-corrected chi connectivity index (χ4v) is 2.76. The van der Waals surface area contributed by atoms with Crippen molar-refractivity contribution < 1.29 is 13.6 Å². The third kappa shape index (κ3) is 3.80. The number of alkyl halides is 2. The molecule has 0 fully saturated rings. The van der Waals surface area contributed by atoms with Crippen molar-refractivity contribution in [2.45, 2.75) is 18.9 Å². The van der Waals surface area contributed by atoms with E-state index >= 15 is 8.78 Å². The van der Waals surface area contributed by atoms with Crippen LogP contribution in [0.2, 0.25) is 0 Å². The van der Waals surface area contributed by atoms with E-state index in [1.54, 1.807) is 72.8 Å². The molecule has 4 heteroatoms. The van der Waals surface area contributed by atoms with Crippen molar-refractivity contribution in [1.82, 2.24) is 0 Å². The fourth-order valence-electron chi connectivity index (χ4n) is 2.76. The van der Waals surface area contributed by atoms with Crippen LogP contribution in [0.5, 0.6) is 0 Å². The number of nitrogens with one attached hydrogen (secondary N) is 1. The van der Waals surface area contributed by atoms with E-state index in [1.165, 1.54) is 12.1 Å². The van der Waals surface area contributed by atoms with Crippen LogP contribution in [-0.2, 0) is 0 Å². The number of carbonyl (C=O) groups excluding carboxylic acids is 1. The zero-order valence-electron chi connectivity index (χ0n) is 14.3. The maximum atomic E-state index is 15.2. The molecule has 0 spiro atoms. The Morgan fingerprint density at radius 2 is 1.38 bits per heavy atom. The van der Waals surface area contributed by atoms with Crippen LogP contribution in [0.25, 0.3) is 0 Å². The molecule has 0 bridgehead atoms. The Balaban J connectivity index is 2.01. The number of aryl methyl sites for hydroxylation is 1. The molecule has 0 radical (unpaired) electrons. The molecule has 3 aromatic rings. The SMILES string of the molecule is Cc1ccc(C(Nc2ccccc2)C(F)(F)C(=O)c2ccccc2)cc1. The molecule has 3 rings (SSSR count). The van der Waals surface area contributed by atoms with E-state index < -0.39 is 17.7 Å². The summed E-state index contributed by atoms with van der Waals surface area (Å²) in [5.74, 6) is -4.82. The van der Waals surface area contributed by atoms with Crippen LogP contribution in [-0.4, -0.2) is 11.7 Å². The highest BCUT2D eigenvalue weighted by molar-refractivity contribution is 6.02. The smallest absolute Gasteiger partial charge is 0.333 e. The Labute approximate surface area is 151 Å². The molecule has 1 atom stereocenters. The van der Waals surface area contributed by atoms with Gasteiger partial charge in [0.2, 0.25) is 5.78 Å². The largest absolute Gasteiger partial charge is 0.372 e. The van der Waals surface area contributed by atoms with E-state index in [0.29, 0.717) is 11.3 Å². The van der Waals surface area contributed by atoms with Gasteiger partial charge in [0.05, 0.1) is 0 Å². The van der Waals surface area contributed by atoms with Gasteiger partial charge in [-0.15, -0.1) is 0 Å². The second kappa shape index (κ2) is 7.48. The van der Waals surface area contributed by atoms with Gasteiger partial charge >= 0.3 is 5.92 Å². The molecule has 26 heavy (non-hydrogen) atoms. The number of halogens is 2. The van der Waals surface area contributed by atoms with Gasteiger partial charge in [0.15, 0.2) is 0 Å². The third-order valence-corrected chi connectivity index (χ3v) is 4.20. The van der Waals surface area contributed by atoms with E-state index in [-0.39, 0.29) is 5.56 Å². The summed E-state index contributed by atoms with van der Waals surface area (Å²) in [5, 5.41) is 2.83. The van der Waals surface area contributed by atoms with Gasteiger partial charge in [0, 0.05) is 11.3 Å². The van der Waals surface area contributed by atoms with E-state index in [1.807, 2.05) is 6.92 Å². The predicted octanol–water partition coefficient (Wildman–Crippen LogP) is 5.67. The van der Waals surface area contributed by atoms with Crippen molar-refractivity contribution in [2.75, 3.05) is 5.32 Å². The van der Waals surface area contributed by atoms with Crippen molar-refractivity contribution in [3.63, 3.8) is 0 Å². The van der Waals surface area contributed by atoms with Crippen molar-refractivity contribution in [2.24, 2.45) is 0 Å². The number of para-hydroxylation sites is 1. The molecule has 1 unspecified atom stereocenters. The van der Waals surface area contributed by atoms with Crippen LogP contribution in [0, 0.1) is 6.92 Å². The van der Waals surface area contributed by atoms with Gasteiger partial charge in [-0.25, -0.2) is 0 Å². The molecule has 0 aliphatic rings. The molecule has 3 aromatic carbocycles. The summed E-state index contributed by atoms with van der Waals surface area (Å²) >= 11 is 0. The second-order valence-corrected chi connectivity index (χ2v) is 6.17. The van der Waals surface area contributed by atoms with Crippen molar-refractivity contribution in [1.29, 1.82) is 0 Å². The third-order valence-electron chi connectivity index (χ3n) is 4.20. The number of benzene rings is 3. The first kappa shape index (κ1) is 17.8. The minimum atomic E-state index is -3.62.